The van der Waals surface area contributed by atoms with Gasteiger partial charge in [-0.25, -0.2) is 4.99 Å². The van der Waals surface area contributed by atoms with Crippen LogP contribution in [0.1, 0.15) is 24.4 Å². The number of nitrogens with zero attached hydrogens (tertiary/aromatic N) is 4. The van der Waals surface area contributed by atoms with Crippen molar-refractivity contribution >= 4 is 53.1 Å². The molecule has 0 aliphatic carbocycles. The summed E-state index contributed by atoms with van der Waals surface area (Å²) in [7, 11) is 1.86. The van der Waals surface area contributed by atoms with Crippen LogP contribution in [-0.4, -0.2) is 38.9 Å². The van der Waals surface area contributed by atoms with Gasteiger partial charge in [0.1, 0.15) is 12.9 Å². The largest absolute Gasteiger partial charge is 0.387 e. The van der Waals surface area contributed by atoms with E-state index < -0.39 is 6.10 Å². The molecule has 0 saturated carbocycles. The molecule has 2 rings (SSSR count). The van der Waals surface area contributed by atoms with Gasteiger partial charge in [0, 0.05) is 30.2 Å². The first-order valence-corrected chi connectivity index (χ1v) is 8.24. The predicted molar refractivity (Wildman–Crippen MR) is 111 cm³/mol. The van der Waals surface area contributed by atoms with E-state index in [1.165, 1.54) is 0 Å². The summed E-state index contributed by atoms with van der Waals surface area (Å²) >= 11 is 11.9. The molecule has 7 nitrogen and oxygen atoms in total. The van der Waals surface area contributed by atoms with Gasteiger partial charge in [-0.1, -0.05) is 23.2 Å². The van der Waals surface area contributed by atoms with E-state index in [0.29, 0.717) is 34.7 Å². The summed E-state index contributed by atoms with van der Waals surface area (Å²) in [6.07, 6.45) is 0.859. The molecule has 0 aliphatic heterocycles. The number of hydrogen-bond donors (Lipinski definition) is 3. The molecule has 0 amide bonds. The first-order valence-electron chi connectivity index (χ1n) is 7.48. The SMILES string of the molecule is CCNC(=NCc1nncn1C)NCC(O)c1cc(Cl)cc(Cl)c1.I. The second-order valence-electron chi connectivity index (χ2n) is 5.15. The van der Waals surface area contributed by atoms with E-state index in [1.54, 1.807) is 29.1 Å². The summed E-state index contributed by atoms with van der Waals surface area (Å²) in [5.74, 6) is 1.32. The number of aromatic nitrogens is 3. The molecule has 2 aromatic rings. The maximum absolute atomic E-state index is 10.3. The summed E-state index contributed by atoms with van der Waals surface area (Å²) in [6, 6.07) is 4.99. The zero-order valence-electron chi connectivity index (χ0n) is 13.9. The number of aliphatic hydroxyl groups excluding tert-OH is 1. The smallest absolute Gasteiger partial charge is 0.191 e. The second-order valence-corrected chi connectivity index (χ2v) is 6.03. The van der Waals surface area contributed by atoms with Crippen molar-refractivity contribution in [3.8, 4) is 0 Å². The van der Waals surface area contributed by atoms with Gasteiger partial charge in [0.2, 0.25) is 0 Å². The highest BCUT2D eigenvalue weighted by atomic mass is 127. The monoisotopic (exact) mass is 498 g/mol. The Morgan fingerprint density at radius 2 is 1.96 bits per heavy atom. The average Bonchev–Trinajstić information content (AvgIpc) is 2.94. The van der Waals surface area contributed by atoms with Gasteiger partial charge >= 0.3 is 0 Å². The Labute approximate surface area is 173 Å². The second kappa shape index (κ2) is 10.8. The van der Waals surface area contributed by atoms with Crippen LogP contribution < -0.4 is 10.6 Å². The molecule has 0 saturated heterocycles. The summed E-state index contributed by atoms with van der Waals surface area (Å²) in [4.78, 5) is 4.43. The van der Waals surface area contributed by atoms with Crippen molar-refractivity contribution in [1.29, 1.82) is 0 Å². The first kappa shape index (κ1) is 21.9. The quantitative estimate of drug-likeness (QED) is 0.323. The first-order chi connectivity index (χ1) is 11.5. The number of aliphatic hydroxyl groups is 1. The molecule has 1 heterocycles. The van der Waals surface area contributed by atoms with Gasteiger partial charge in [0.25, 0.3) is 0 Å². The summed E-state index contributed by atoms with van der Waals surface area (Å²) < 4.78 is 1.80. The molecular weight excluding hydrogens is 478 g/mol. The van der Waals surface area contributed by atoms with Crippen molar-refractivity contribution in [2.24, 2.45) is 12.0 Å². The maximum Gasteiger partial charge on any atom is 0.191 e. The van der Waals surface area contributed by atoms with Gasteiger partial charge in [0.05, 0.1) is 6.10 Å². The average molecular weight is 499 g/mol. The van der Waals surface area contributed by atoms with E-state index in [1.807, 2.05) is 14.0 Å². The van der Waals surface area contributed by atoms with Gasteiger partial charge in [-0.2, -0.15) is 0 Å². The third kappa shape index (κ3) is 6.96. The number of aryl methyl sites for hydroxylation is 1. The number of rotatable bonds is 6. The molecular formula is C15H21Cl2IN6O. The minimum Gasteiger partial charge on any atom is -0.387 e. The van der Waals surface area contributed by atoms with Crippen LogP contribution in [0.3, 0.4) is 0 Å². The highest BCUT2D eigenvalue weighted by Crippen LogP contribution is 2.23. The Hall–Kier alpha value is -1.10. The van der Waals surface area contributed by atoms with E-state index in [2.05, 4.69) is 25.8 Å². The van der Waals surface area contributed by atoms with Crippen LogP contribution in [0.15, 0.2) is 29.5 Å². The molecule has 138 valence electrons. The molecule has 1 unspecified atom stereocenters. The summed E-state index contributed by atoms with van der Waals surface area (Å²) in [5, 5.41) is 25.3. The lowest BCUT2D eigenvalue weighted by molar-refractivity contribution is 0.181. The van der Waals surface area contributed by atoms with Gasteiger partial charge in [-0.05, 0) is 30.7 Å². The Balaban J connectivity index is 0.00000312. The molecule has 3 N–H and O–H groups in total. The van der Waals surface area contributed by atoms with Crippen molar-refractivity contribution < 1.29 is 5.11 Å². The van der Waals surface area contributed by atoms with Crippen molar-refractivity contribution in [2.45, 2.75) is 19.6 Å². The lowest BCUT2D eigenvalue weighted by atomic mass is 10.1. The number of aliphatic imine (C=N–C) groups is 1. The van der Waals surface area contributed by atoms with Gasteiger partial charge < -0.3 is 20.3 Å². The van der Waals surface area contributed by atoms with Crippen LogP contribution in [0.2, 0.25) is 10.0 Å². The molecule has 1 aromatic carbocycles. The molecule has 0 radical (unpaired) electrons. The normalized spacial score (nSPS) is 12.4. The lowest BCUT2D eigenvalue weighted by Gasteiger charge is -2.16. The number of hydrogen-bond acceptors (Lipinski definition) is 4. The van der Waals surface area contributed by atoms with E-state index >= 15 is 0 Å². The maximum atomic E-state index is 10.3. The lowest BCUT2D eigenvalue weighted by Crippen LogP contribution is -2.39. The zero-order valence-corrected chi connectivity index (χ0v) is 17.8. The number of nitrogens with one attached hydrogen (secondary N) is 2. The van der Waals surface area contributed by atoms with E-state index in [9.17, 15) is 5.11 Å². The van der Waals surface area contributed by atoms with E-state index in [4.69, 9.17) is 23.2 Å². The number of halogens is 3. The molecule has 0 bridgehead atoms. The highest BCUT2D eigenvalue weighted by Gasteiger charge is 2.10. The fraction of sp³-hybridized carbons (Fsp3) is 0.400. The standard InChI is InChI=1S/C15H20Cl2N6O.HI/c1-3-18-15(20-8-14-22-21-9-23(14)2)19-7-13(24)10-4-11(16)6-12(17)5-10;/h4-6,9,13,24H,3,7-8H2,1-2H3,(H2,18,19,20);1H. The Kier molecular flexibility index (Phi) is 9.47. The van der Waals surface area contributed by atoms with E-state index in [0.717, 1.165) is 5.82 Å². The zero-order chi connectivity index (χ0) is 17.5. The van der Waals surface area contributed by atoms with Crippen LogP contribution in [0, 0.1) is 0 Å². The third-order valence-electron chi connectivity index (χ3n) is 3.26. The Bertz CT molecular complexity index is 689. The van der Waals surface area contributed by atoms with Crippen molar-refractivity contribution in [3.05, 3.63) is 46.0 Å². The Morgan fingerprint density at radius 3 is 2.52 bits per heavy atom. The van der Waals surface area contributed by atoms with E-state index in [-0.39, 0.29) is 30.5 Å². The van der Waals surface area contributed by atoms with Gasteiger partial charge in [-0.3, -0.25) is 0 Å². The topological polar surface area (TPSA) is 87.4 Å². The fourth-order valence-electron chi connectivity index (χ4n) is 2.02. The minimum atomic E-state index is -0.764. The number of benzene rings is 1. The highest BCUT2D eigenvalue weighted by molar-refractivity contribution is 14.0. The van der Waals surface area contributed by atoms with Gasteiger partial charge in [-0.15, -0.1) is 34.2 Å². The van der Waals surface area contributed by atoms with Crippen LogP contribution in [0.25, 0.3) is 0 Å². The van der Waals surface area contributed by atoms with Crippen LogP contribution in [-0.2, 0) is 13.6 Å². The van der Waals surface area contributed by atoms with Crippen molar-refractivity contribution in [1.82, 2.24) is 25.4 Å². The molecule has 0 fully saturated rings. The third-order valence-corrected chi connectivity index (χ3v) is 3.70. The van der Waals surface area contributed by atoms with Gasteiger partial charge in [0.15, 0.2) is 11.8 Å². The van der Waals surface area contributed by atoms with Crippen molar-refractivity contribution in [2.75, 3.05) is 13.1 Å². The Morgan fingerprint density at radius 1 is 1.28 bits per heavy atom. The molecule has 10 heteroatoms. The van der Waals surface area contributed by atoms with Crippen LogP contribution >= 0.6 is 47.2 Å². The van der Waals surface area contributed by atoms with Crippen molar-refractivity contribution in [3.63, 3.8) is 0 Å². The molecule has 0 spiro atoms. The number of guanidine groups is 1. The minimum absolute atomic E-state index is 0. The van der Waals surface area contributed by atoms with Crippen LogP contribution in [0.4, 0.5) is 0 Å². The van der Waals surface area contributed by atoms with Crippen LogP contribution in [0.5, 0.6) is 0 Å². The molecule has 0 aliphatic rings. The fourth-order valence-corrected chi connectivity index (χ4v) is 2.56. The summed E-state index contributed by atoms with van der Waals surface area (Å²) in [5.41, 5.74) is 0.643. The molecule has 25 heavy (non-hydrogen) atoms. The molecule has 1 aromatic heterocycles. The summed E-state index contributed by atoms with van der Waals surface area (Å²) in [6.45, 7) is 3.31. The molecule has 1 atom stereocenters. The predicted octanol–water partition coefficient (Wildman–Crippen LogP) is 2.53.